The molecule has 0 aromatic heterocycles. The second-order valence-electron chi connectivity index (χ2n) is 4.81. The van der Waals surface area contributed by atoms with Crippen molar-refractivity contribution in [2.75, 3.05) is 11.9 Å². The number of phenolic OH excluding ortho intramolecular Hbond substituents is 1. The van der Waals surface area contributed by atoms with Gasteiger partial charge in [0.1, 0.15) is 11.5 Å². The van der Waals surface area contributed by atoms with E-state index in [1.54, 1.807) is 24.3 Å². The largest absolute Gasteiger partial charge is 0.507 e. The van der Waals surface area contributed by atoms with Gasteiger partial charge in [-0.25, -0.2) is 5.43 Å². The molecule has 0 unspecified atom stereocenters. The summed E-state index contributed by atoms with van der Waals surface area (Å²) in [6, 6.07) is 11.0. The average Bonchev–Trinajstić information content (AvgIpc) is 2.59. The van der Waals surface area contributed by atoms with E-state index >= 15 is 0 Å². The van der Waals surface area contributed by atoms with Gasteiger partial charge >= 0.3 is 11.8 Å². The maximum atomic E-state index is 11.8. The van der Waals surface area contributed by atoms with Crippen LogP contribution in [0, 0.1) is 0 Å². The number of carbonyl (C=O) groups is 2. The zero-order valence-electron chi connectivity index (χ0n) is 13.3. The van der Waals surface area contributed by atoms with E-state index in [9.17, 15) is 14.7 Å². The Kier molecular flexibility index (Phi) is 6.36. The number of hydrogen-bond acceptors (Lipinski definition) is 5. The van der Waals surface area contributed by atoms with E-state index in [1.165, 1.54) is 24.4 Å². The minimum absolute atomic E-state index is 0.0544. The molecule has 0 fully saturated rings. The summed E-state index contributed by atoms with van der Waals surface area (Å²) in [6.45, 7) is 2.40. The Labute approximate surface area is 149 Å². The van der Waals surface area contributed by atoms with Gasteiger partial charge in [0.15, 0.2) is 0 Å². The Morgan fingerprint density at radius 1 is 1.20 bits per heavy atom. The number of benzene rings is 2. The molecule has 0 spiro atoms. The second kappa shape index (κ2) is 8.70. The molecule has 0 saturated heterocycles. The topological polar surface area (TPSA) is 100 Å². The predicted molar refractivity (Wildman–Crippen MR) is 95.1 cm³/mol. The van der Waals surface area contributed by atoms with Gasteiger partial charge in [-0.15, -0.1) is 0 Å². The van der Waals surface area contributed by atoms with Crippen LogP contribution in [0.25, 0.3) is 0 Å². The summed E-state index contributed by atoms with van der Waals surface area (Å²) < 4.78 is 5.29. The molecule has 0 radical (unpaired) electrons. The number of halogens is 1. The Bertz CT molecular complexity index is 791. The molecule has 7 nitrogen and oxygen atoms in total. The van der Waals surface area contributed by atoms with E-state index in [1.807, 2.05) is 6.92 Å². The average molecular weight is 362 g/mol. The molecule has 0 aliphatic carbocycles. The number of phenols is 1. The van der Waals surface area contributed by atoms with Crippen molar-refractivity contribution in [3.63, 3.8) is 0 Å². The molecule has 2 rings (SSSR count). The monoisotopic (exact) mass is 361 g/mol. The first-order chi connectivity index (χ1) is 12.0. The lowest BCUT2D eigenvalue weighted by atomic mass is 10.2. The molecule has 0 heterocycles. The third-order valence-electron chi connectivity index (χ3n) is 2.99. The van der Waals surface area contributed by atoms with Crippen LogP contribution < -0.4 is 15.5 Å². The lowest BCUT2D eigenvalue weighted by Crippen LogP contribution is -2.32. The third kappa shape index (κ3) is 5.50. The van der Waals surface area contributed by atoms with Crippen molar-refractivity contribution >= 4 is 35.3 Å². The highest BCUT2D eigenvalue weighted by Crippen LogP contribution is 2.19. The van der Waals surface area contributed by atoms with E-state index in [2.05, 4.69) is 15.8 Å². The lowest BCUT2D eigenvalue weighted by molar-refractivity contribution is -0.136. The third-order valence-corrected chi connectivity index (χ3v) is 3.22. The van der Waals surface area contributed by atoms with Gasteiger partial charge in [0.2, 0.25) is 0 Å². The molecule has 130 valence electrons. The highest BCUT2D eigenvalue weighted by atomic mass is 35.5. The molecule has 0 saturated carbocycles. The quantitative estimate of drug-likeness (QED) is 0.433. The van der Waals surface area contributed by atoms with Crippen molar-refractivity contribution in [3.05, 3.63) is 53.1 Å². The van der Waals surface area contributed by atoms with Crippen LogP contribution in [0.4, 0.5) is 5.69 Å². The van der Waals surface area contributed by atoms with Crippen LogP contribution in [0.1, 0.15) is 12.5 Å². The standard InChI is InChI=1S/C17H16ClN3O4/c1-2-25-14-6-4-13(5-7-14)20-16(23)17(24)21-19-10-11-9-12(18)3-8-15(11)22/h3-10,22H,2H2,1H3,(H,20,23)(H,21,24)/b19-10+. The number of hydrazone groups is 1. The van der Waals surface area contributed by atoms with Crippen LogP contribution in [0.5, 0.6) is 11.5 Å². The molecule has 2 aromatic rings. The zero-order valence-corrected chi connectivity index (χ0v) is 14.1. The summed E-state index contributed by atoms with van der Waals surface area (Å²) in [5.41, 5.74) is 2.82. The summed E-state index contributed by atoms with van der Waals surface area (Å²) >= 11 is 5.80. The molecule has 3 N–H and O–H groups in total. The van der Waals surface area contributed by atoms with Gasteiger partial charge in [0.25, 0.3) is 0 Å². The van der Waals surface area contributed by atoms with Crippen molar-refractivity contribution in [3.8, 4) is 11.5 Å². The number of nitrogens with zero attached hydrogens (tertiary/aromatic N) is 1. The first kappa shape index (κ1) is 18.3. The minimum Gasteiger partial charge on any atom is -0.507 e. The summed E-state index contributed by atoms with van der Waals surface area (Å²) in [5, 5.41) is 16.1. The van der Waals surface area contributed by atoms with Gasteiger partial charge in [0, 0.05) is 16.3 Å². The van der Waals surface area contributed by atoms with E-state index in [-0.39, 0.29) is 5.75 Å². The van der Waals surface area contributed by atoms with Crippen molar-refractivity contribution in [1.29, 1.82) is 0 Å². The fourth-order valence-electron chi connectivity index (χ4n) is 1.83. The molecule has 25 heavy (non-hydrogen) atoms. The Morgan fingerprint density at radius 2 is 1.92 bits per heavy atom. The number of nitrogens with one attached hydrogen (secondary N) is 2. The number of amides is 2. The van der Waals surface area contributed by atoms with Crippen LogP contribution in [0.15, 0.2) is 47.6 Å². The summed E-state index contributed by atoms with van der Waals surface area (Å²) in [4.78, 5) is 23.5. The van der Waals surface area contributed by atoms with Crippen LogP contribution in [-0.2, 0) is 9.59 Å². The molecule has 8 heteroatoms. The number of anilines is 1. The second-order valence-corrected chi connectivity index (χ2v) is 5.25. The van der Waals surface area contributed by atoms with Crippen molar-refractivity contribution in [1.82, 2.24) is 5.43 Å². The van der Waals surface area contributed by atoms with Gasteiger partial charge in [-0.05, 0) is 49.4 Å². The Morgan fingerprint density at radius 3 is 2.60 bits per heavy atom. The smallest absolute Gasteiger partial charge is 0.329 e. The van der Waals surface area contributed by atoms with Gasteiger partial charge in [-0.2, -0.15) is 5.10 Å². The van der Waals surface area contributed by atoms with Gasteiger partial charge in [0.05, 0.1) is 12.8 Å². The van der Waals surface area contributed by atoms with Crippen LogP contribution in [0.2, 0.25) is 5.02 Å². The maximum Gasteiger partial charge on any atom is 0.329 e. The predicted octanol–water partition coefficient (Wildman–Crippen LogP) is 2.53. The fourth-order valence-corrected chi connectivity index (χ4v) is 2.01. The first-order valence-electron chi connectivity index (χ1n) is 7.35. The summed E-state index contributed by atoms with van der Waals surface area (Å²) in [7, 11) is 0. The van der Waals surface area contributed by atoms with Crippen LogP contribution >= 0.6 is 11.6 Å². The molecule has 0 aliphatic heterocycles. The minimum atomic E-state index is -0.952. The van der Waals surface area contributed by atoms with Crippen molar-refractivity contribution in [2.45, 2.75) is 6.92 Å². The van der Waals surface area contributed by atoms with Crippen molar-refractivity contribution < 1.29 is 19.4 Å². The number of ether oxygens (including phenoxy) is 1. The van der Waals surface area contributed by atoms with E-state index in [0.29, 0.717) is 28.6 Å². The number of hydrogen-bond donors (Lipinski definition) is 3. The molecule has 2 aromatic carbocycles. The molecule has 0 aliphatic rings. The molecular formula is C17H16ClN3O4. The molecule has 0 bridgehead atoms. The SMILES string of the molecule is CCOc1ccc(NC(=O)C(=O)N/N=C/c2cc(Cl)ccc2O)cc1. The van der Waals surface area contributed by atoms with Crippen LogP contribution in [-0.4, -0.2) is 29.7 Å². The highest BCUT2D eigenvalue weighted by molar-refractivity contribution is 6.39. The van der Waals surface area contributed by atoms with Crippen LogP contribution in [0.3, 0.4) is 0 Å². The number of aromatic hydroxyl groups is 1. The molecule has 0 atom stereocenters. The van der Waals surface area contributed by atoms with Gasteiger partial charge < -0.3 is 15.2 Å². The van der Waals surface area contributed by atoms with Crippen molar-refractivity contribution in [2.24, 2.45) is 5.10 Å². The summed E-state index contributed by atoms with van der Waals surface area (Å²) in [5.74, 6) is -1.22. The van der Waals surface area contributed by atoms with E-state index < -0.39 is 11.8 Å². The maximum absolute atomic E-state index is 11.8. The van der Waals surface area contributed by atoms with Gasteiger partial charge in [-0.3, -0.25) is 9.59 Å². The Hall–Kier alpha value is -3.06. The summed E-state index contributed by atoms with van der Waals surface area (Å²) in [6.07, 6.45) is 1.18. The first-order valence-corrected chi connectivity index (χ1v) is 7.73. The Balaban J connectivity index is 1.90. The lowest BCUT2D eigenvalue weighted by Gasteiger charge is -2.06. The number of carbonyl (C=O) groups excluding carboxylic acids is 2. The van der Waals surface area contributed by atoms with Gasteiger partial charge in [-0.1, -0.05) is 11.6 Å². The van der Waals surface area contributed by atoms with E-state index in [0.717, 1.165) is 0 Å². The fraction of sp³-hybridized carbons (Fsp3) is 0.118. The molecular weight excluding hydrogens is 346 g/mol. The zero-order chi connectivity index (χ0) is 18.2. The molecule has 2 amide bonds. The number of rotatable bonds is 5. The van der Waals surface area contributed by atoms with E-state index in [4.69, 9.17) is 16.3 Å². The normalized spacial score (nSPS) is 10.5. The highest BCUT2D eigenvalue weighted by Gasteiger charge is 2.13.